The van der Waals surface area contributed by atoms with Gasteiger partial charge in [-0.15, -0.1) is 0 Å². The molecule has 2 fully saturated rings. The second kappa shape index (κ2) is 46.8. The van der Waals surface area contributed by atoms with E-state index >= 15 is 0 Å². The maximum absolute atomic E-state index is 13.2. The Labute approximate surface area is 458 Å². The van der Waals surface area contributed by atoms with E-state index in [-0.39, 0.29) is 18.9 Å². The third-order valence-electron chi connectivity index (χ3n) is 13.8. The van der Waals surface area contributed by atoms with Gasteiger partial charge >= 0.3 is 0 Å². The van der Waals surface area contributed by atoms with Gasteiger partial charge in [0, 0.05) is 6.42 Å². The van der Waals surface area contributed by atoms with Crippen LogP contribution in [-0.2, 0) is 23.7 Å². The molecule has 14 heteroatoms. The van der Waals surface area contributed by atoms with Crippen LogP contribution in [0.15, 0.2) is 97.2 Å². The van der Waals surface area contributed by atoms with E-state index in [1.54, 1.807) is 6.08 Å². The Balaban J connectivity index is 1.61. The number of nitrogens with one attached hydrogen (secondary N) is 1. The number of aliphatic hydroxyl groups is 8. The molecule has 0 aromatic rings. The fourth-order valence-electron chi connectivity index (χ4n) is 9.12. The molecule has 1 amide bonds. The lowest BCUT2D eigenvalue weighted by molar-refractivity contribution is -0.359. The molecule has 0 saturated carbocycles. The van der Waals surface area contributed by atoms with Gasteiger partial charge in [-0.2, -0.15) is 0 Å². The molecule has 2 heterocycles. The predicted molar refractivity (Wildman–Crippen MR) is 304 cm³/mol. The lowest BCUT2D eigenvalue weighted by atomic mass is 9.97. The first-order valence-electron chi connectivity index (χ1n) is 29.4. The van der Waals surface area contributed by atoms with E-state index in [4.69, 9.17) is 18.9 Å². The molecule has 76 heavy (non-hydrogen) atoms. The molecular formula is C62H105NO13. The van der Waals surface area contributed by atoms with E-state index in [1.807, 2.05) is 19.1 Å². The molecule has 12 atom stereocenters. The summed E-state index contributed by atoms with van der Waals surface area (Å²) < 4.78 is 22.7. The third kappa shape index (κ3) is 32.1. The SMILES string of the molecule is C/C=C/CC/C=C/CC/C=C/C(O)C(COC1OC(CO)C(OC2OC(CO)C(O)C(O)C2O)C(O)C1O)NC(=O)CCCCCCCCCCCCCCCCCCC/C=C\C/C=C\C/C=C\C/C=C\C/C=C\CC. The van der Waals surface area contributed by atoms with Gasteiger partial charge in [0.05, 0.1) is 32.0 Å². The highest BCUT2D eigenvalue weighted by molar-refractivity contribution is 5.76. The van der Waals surface area contributed by atoms with Crippen LogP contribution in [0.5, 0.6) is 0 Å². The van der Waals surface area contributed by atoms with Crippen LogP contribution in [0, 0.1) is 0 Å². The number of hydrogen-bond acceptors (Lipinski definition) is 13. The first-order chi connectivity index (χ1) is 37.1. The van der Waals surface area contributed by atoms with Crippen LogP contribution >= 0.6 is 0 Å². The van der Waals surface area contributed by atoms with Gasteiger partial charge in [-0.05, 0) is 84.0 Å². The molecular weight excluding hydrogens is 967 g/mol. The zero-order chi connectivity index (χ0) is 55.3. The van der Waals surface area contributed by atoms with Crippen molar-refractivity contribution >= 4 is 5.91 Å². The molecule has 0 aliphatic carbocycles. The van der Waals surface area contributed by atoms with Crippen LogP contribution in [0.2, 0.25) is 0 Å². The van der Waals surface area contributed by atoms with Crippen molar-refractivity contribution in [3.8, 4) is 0 Å². The second-order valence-electron chi connectivity index (χ2n) is 20.4. The number of amides is 1. The van der Waals surface area contributed by atoms with Crippen molar-refractivity contribution in [2.45, 2.75) is 267 Å². The molecule has 2 aliphatic rings. The highest BCUT2D eigenvalue weighted by Crippen LogP contribution is 2.30. The second-order valence-corrected chi connectivity index (χ2v) is 20.4. The molecule has 2 aliphatic heterocycles. The topological polar surface area (TPSA) is 228 Å². The van der Waals surface area contributed by atoms with E-state index in [0.29, 0.717) is 12.8 Å². The number of ether oxygens (including phenoxy) is 4. The van der Waals surface area contributed by atoms with Gasteiger partial charge in [-0.1, -0.05) is 200 Å². The summed E-state index contributed by atoms with van der Waals surface area (Å²) in [4.78, 5) is 13.2. The Morgan fingerprint density at radius 1 is 0.500 bits per heavy atom. The van der Waals surface area contributed by atoms with Crippen molar-refractivity contribution in [2.75, 3.05) is 19.8 Å². The molecule has 14 nitrogen and oxygen atoms in total. The summed E-state index contributed by atoms with van der Waals surface area (Å²) in [6.07, 6.45) is 47.9. The minimum atomic E-state index is -1.79. The van der Waals surface area contributed by atoms with Gasteiger partial charge < -0.3 is 65.1 Å². The molecule has 436 valence electrons. The van der Waals surface area contributed by atoms with E-state index in [9.17, 15) is 45.6 Å². The minimum absolute atomic E-state index is 0.260. The number of rotatable bonds is 45. The molecule has 0 aromatic carbocycles. The number of allylic oxidation sites excluding steroid dienone is 15. The quantitative estimate of drug-likeness (QED) is 0.0205. The van der Waals surface area contributed by atoms with Crippen LogP contribution in [-0.4, -0.2) is 140 Å². The normalized spacial score (nSPS) is 25.6. The molecule has 9 N–H and O–H groups in total. The lowest BCUT2D eigenvalue weighted by Crippen LogP contribution is -2.65. The first-order valence-corrected chi connectivity index (χ1v) is 29.4. The standard InChI is InChI=1S/C62H105NO13/c1-3-5-7-9-11-13-14-15-16-17-18-19-20-21-22-23-24-25-26-27-28-29-30-31-32-33-34-35-36-38-40-42-44-46-54(67)63-50(51(66)45-43-41-39-37-12-10-8-6-4-2)49-73-61-59(72)57(70)60(53(48-65)75-61)76-62-58(71)56(69)55(68)52(47-64)74-62/h4-7,11-13,15-16,18-19,21-22,37,43,45,50-53,55-62,64-66,68-72H,3,8-10,14,17,20,23-36,38-42,44,46-49H2,1-2H3,(H,63,67)/b6-4+,7-5-,13-11-,16-15-,19-18-,22-21-,37-12+,45-43+. The monoisotopic (exact) mass is 1070 g/mol. The van der Waals surface area contributed by atoms with Crippen molar-refractivity contribution in [3.63, 3.8) is 0 Å². The molecule has 0 bridgehead atoms. The number of aliphatic hydroxyl groups excluding tert-OH is 8. The van der Waals surface area contributed by atoms with Crippen molar-refractivity contribution in [1.29, 1.82) is 0 Å². The van der Waals surface area contributed by atoms with Crippen LogP contribution in [0.1, 0.15) is 194 Å². The summed E-state index contributed by atoms with van der Waals surface area (Å²) in [5, 5.41) is 86.7. The Kier molecular flexibility index (Phi) is 42.5. The Morgan fingerprint density at radius 3 is 1.45 bits per heavy atom. The Morgan fingerprint density at radius 2 is 0.934 bits per heavy atom. The van der Waals surface area contributed by atoms with Crippen molar-refractivity contribution in [3.05, 3.63) is 97.2 Å². The maximum Gasteiger partial charge on any atom is 0.220 e. The third-order valence-corrected chi connectivity index (χ3v) is 13.8. The van der Waals surface area contributed by atoms with Crippen LogP contribution in [0.4, 0.5) is 0 Å². The van der Waals surface area contributed by atoms with E-state index < -0.39 is 86.8 Å². The first kappa shape index (κ1) is 69.0. The van der Waals surface area contributed by atoms with E-state index in [1.165, 1.54) is 89.9 Å². The summed E-state index contributed by atoms with van der Waals surface area (Å²) in [6.45, 7) is 2.40. The minimum Gasteiger partial charge on any atom is -0.394 e. The van der Waals surface area contributed by atoms with Gasteiger partial charge in [0.1, 0.15) is 48.8 Å². The molecule has 2 saturated heterocycles. The Bertz CT molecular complexity index is 1640. The van der Waals surface area contributed by atoms with Gasteiger partial charge in [0.2, 0.25) is 5.91 Å². The summed E-state index contributed by atoms with van der Waals surface area (Å²) in [6, 6.07) is -0.940. The van der Waals surface area contributed by atoms with Crippen molar-refractivity contribution in [1.82, 2.24) is 5.32 Å². The maximum atomic E-state index is 13.2. The summed E-state index contributed by atoms with van der Waals surface area (Å²) >= 11 is 0. The Hall–Kier alpha value is -3.09. The highest BCUT2D eigenvalue weighted by atomic mass is 16.7. The predicted octanol–water partition coefficient (Wildman–Crippen LogP) is 9.88. The zero-order valence-electron chi connectivity index (χ0n) is 46.7. The van der Waals surface area contributed by atoms with Crippen molar-refractivity contribution in [2.24, 2.45) is 0 Å². The number of unbranched alkanes of at least 4 members (excludes halogenated alkanes) is 19. The zero-order valence-corrected chi connectivity index (χ0v) is 46.7. The number of carbonyl (C=O) groups is 1. The van der Waals surface area contributed by atoms with Crippen LogP contribution in [0.3, 0.4) is 0 Å². The van der Waals surface area contributed by atoms with Gasteiger partial charge in [-0.3, -0.25) is 4.79 Å². The van der Waals surface area contributed by atoms with Gasteiger partial charge in [-0.25, -0.2) is 0 Å². The molecule has 2 rings (SSSR count). The lowest BCUT2D eigenvalue weighted by Gasteiger charge is -2.46. The van der Waals surface area contributed by atoms with Gasteiger partial charge in [0.25, 0.3) is 0 Å². The average molecular weight is 1070 g/mol. The smallest absolute Gasteiger partial charge is 0.220 e. The van der Waals surface area contributed by atoms with E-state index in [0.717, 1.165) is 70.6 Å². The molecule has 0 aromatic heterocycles. The fraction of sp³-hybridized carbons (Fsp3) is 0.726. The molecule has 0 spiro atoms. The average Bonchev–Trinajstić information content (AvgIpc) is 3.42. The van der Waals surface area contributed by atoms with Crippen LogP contribution < -0.4 is 5.32 Å². The van der Waals surface area contributed by atoms with Crippen LogP contribution in [0.25, 0.3) is 0 Å². The highest BCUT2D eigenvalue weighted by Gasteiger charge is 2.51. The molecule has 12 unspecified atom stereocenters. The molecule has 0 radical (unpaired) electrons. The fourth-order valence-corrected chi connectivity index (χ4v) is 9.12. The summed E-state index contributed by atoms with van der Waals surface area (Å²) in [5.41, 5.74) is 0. The number of carbonyl (C=O) groups excluding carboxylic acids is 1. The van der Waals surface area contributed by atoms with E-state index in [2.05, 4.69) is 91.2 Å². The number of hydrogen-bond donors (Lipinski definition) is 9. The van der Waals surface area contributed by atoms with Crippen molar-refractivity contribution < 1.29 is 64.6 Å². The summed E-state index contributed by atoms with van der Waals surface area (Å²) in [7, 11) is 0. The van der Waals surface area contributed by atoms with Gasteiger partial charge in [0.15, 0.2) is 12.6 Å². The largest absolute Gasteiger partial charge is 0.394 e. The summed E-state index contributed by atoms with van der Waals surface area (Å²) in [5.74, 6) is -0.260.